The van der Waals surface area contributed by atoms with Crippen molar-refractivity contribution < 1.29 is 33.1 Å². The standard InChI is InChI=1S/C20H23NO5/c1-14(19(26)21-20(11-22,12-23)13-24)16-8-5-9-17(10-16)18(25)15-6-3-2-4-7-15/h2-10,14,22-24H,11-13H2,1H3,(H,21,26)/t14-/m1/s1/i11D2,12D2,13D2. The van der Waals surface area contributed by atoms with Crippen molar-refractivity contribution in [1.29, 1.82) is 0 Å². The van der Waals surface area contributed by atoms with Crippen molar-refractivity contribution in [2.75, 3.05) is 19.7 Å². The molecule has 0 heterocycles. The van der Waals surface area contributed by atoms with Crippen LogP contribution in [-0.2, 0) is 4.79 Å². The Labute approximate surface area is 160 Å². The molecule has 0 saturated heterocycles. The quantitative estimate of drug-likeness (QED) is 0.520. The van der Waals surface area contributed by atoms with Gasteiger partial charge in [0.1, 0.15) is 5.54 Å². The summed E-state index contributed by atoms with van der Waals surface area (Å²) >= 11 is 0. The summed E-state index contributed by atoms with van der Waals surface area (Å²) < 4.78 is 44.6. The van der Waals surface area contributed by atoms with Crippen LogP contribution in [0.1, 0.15) is 42.6 Å². The molecular formula is C20H23NO5. The minimum atomic E-state index is -3.93. The van der Waals surface area contributed by atoms with Gasteiger partial charge in [-0.25, -0.2) is 0 Å². The number of benzene rings is 2. The van der Waals surface area contributed by atoms with Gasteiger partial charge in [-0.15, -0.1) is 0 Å². The fraction of sp³-hybridized carbons (Fsp3) is 0.300. The van der Waals surface area contributed by atoms with Gasteiger partial charge in [0.05, 0.1) is 33.8 Å². The highest BCUT2D eigenvalue weighted by Gasteiger charge is 2.32. The van der Waals surface area contributed by atoms with Crippen LogP contribution in [-0.4, -0.2) is 52.2 Å². The van der Waals surface area contributed by atoms with E-state index in [1.165, 1.54) is 31.2 Å². The number of nitrogens with one attached hydrogen (secondary N) is 1. The van der Waals surface area contributed by atoms with Crippen LogP contribution in [0.2, 0.25) is 0 Å². The fourth-order valence-corrected chi connectivity index (χ4v) is 2.31. The lowest BCUT2D eigenvalue weighted by atomic mass is 9.94. The summed E-state index contributed by atoms with van der Waals surface area (Å²) in [6.07, 6.45) is 0. The Kier molecular flexibility index (Phi) is 4.27. The average molecular weight is 363 g/mol. The van der Waals surface area contributed by atoms with Gasteiger partial charge in [-0.2, -0.15) is 0 Å². The molecule has 6 nitrogen and oxygen atoms in total. The summed E-state index contributed by atoms with van der Waals surface area (Å²) in [5.74, 6) is -2.77. The van der Waals surface area contributed by atoms with E-state index in [-0.39, 0.29) is 16.9 Å². The van der Waals surface area contributed by atoms with Crippen molar-refractivity contribution in [3.8, 4) is 0 Å². The Bertz CT molecular complexity index is 946. The Morgan fingerprint density at radius 3 is 2.15 bits per heavy atom. The first-order valence-electron chi connectivity index (χ1n) is 10.7. The molecule has 26 heavy (non-hydrogen) atoms. The second-order valence-electron chi connectivity index (χ2n) is 5.62. The predicted octanol–water partition coefficient (Wildman–Crippen LogP) is 0.853. The van der Waals surface area contributed by atoms with Crippen LogP contribution in [0.25, 0.3) is 0 Å². The molecule has 0 spiro atoms. The largest absolute Gasteiger partial charge is 0.394 e. The molecular weight excluding hydrogens is 334 g/mol. The van der Waals surface area contributed by atoms with Crippen LogP contribution < -0.4 is 5.32 Å². The first kappa shape index (κ1) is 12.8. The topological polar surface area (TPSA) is 107 Å². The lowest BCUT2D eigenvalue weighted by molar-refractivity contribution is -0.126. The zero-order valence-electron chi connectivity index (χ0n) is 19.9. The molecule has 0 bridgehead atoms. The van der Waals surface area contributed by atoms with Crippen LogP contribution in [0.3, 0.4) is 0 Å². The zero-order valence-corrected chi connectivity index (χ0v) is 13.9. The van der Waals surface area contributed by atoms with Crippen molar-refractivity contribution in [1.82, 2.24) is 5.32 Å². The molecule has 6 heteroatoms. The average Bonchev–Trinajstić information content (AvgIpc) is 2.68. The molecule has 2 aromatic carbocycles. The van der Waals surface area contributed by atoms with Crippen molar-refractivity contribution in [2.24, 2.45) is 0 Å². The predicted molar refractivity (Wildman–Crippen MR) is 96.9 cm³/mol. The second-order valence-corrected chi connectivity index (χ2v) is 5.62. The van der Waals surface area contributed by atoms with E-state index >= 15 is 0 Å². The normalized spacial score (nSPS) is 17.5. The number of amides is 1. The number of ketones is 1. The molecule has 138 valence electrons. The maximum absolute atomic E-state index is 12.8. The molecule has 0 unspecified atom stereocenters. The molecule has 0 saturated carbocycles. The molecule has 0 aliphatic heterocycles. The van der Waals surface area contributed by atoms with Crippen molar-refractivity contribution in [3.05, 3.63) is 71.3 Å². The summed E-state index contributed by atoms with van der Waals surface area (Å²) in [5, 5.41) is 31.1. The molecule has 0 aromatic heterocycles. The lowest BCUT2D eigenvalue weighted by Gasteiger charge is -2.30. The molecule has 2 aromatic rings. The van der Waals surface area contributed by atoms with Gasteiger partial charge in [0, 0.05) is 11.1 Å². The highest BCUT2D eigenvalue weighted by atomic mass is 16.3. The van der Waals surface area contributed by atoms with Gasteiger partial charge in [-0.1, -0.05) is 48.5 Å². The van der Waals surface area contributed by atoms with E-state index in [9.17, 15) is 24.9 Å². The summed E-state index contributed by atoms with van der Waals surface area (Å²) in [7, 11) is 0. The monoisotopic (exact) mass is 363 g/mol. The molecule has 0 fully saturated rings. The van der Waals surface area contributed by atoms with E-state index < -0.39 is 37.0 Å². The maximum atomic E-state index is 12.8. The number of hydrogen-bond donors (Lipinski definition) is 4. The Hall–Kier alpha value is -2.54. The number of rotatable bonds is 8. The van der Waals surface area contributed by atoms with Crippen LogP contribution in [0.5, 0.6) is 0 Å². The third-order valence-corrected chi connectivity index (χ3v) is 3.89. The van der Waals surface area contributed by atoms with E-state index in [1.807, 2.05) is 0 Å². The van der Waals surface area contributed by atoms with Gasteiger partial charge in [-0.05, 0) is 18.6 Å². The zero-order chi connectivity index (χ0) is 24.5. The molecule has 0 aliphatic rings. The van der Waals surface area contributed by atoms with Crippen molar-refractivity contribution in [3.63, 3.8) is 0 Å². The highest BCUT2D eigenvalue weighted by Crippen LogP contribution is 2.20. The summed E-state index contributed by atoms with van der Waals surface area (Å²) in [6.45, 7) is -10.5. The number of carbonyl (C=O) groups is 2. The van der Waals surface area contributed by atoms with E-state index in [1.54, 1.807) is 35.6 Å². The van der Waals surface area contributed by atoms with Gasteiger partial charge < -0.3 is 20.6 Å². The molecule has 4 N–H and O–H groups in total. The number of hydrogen-bond acceptors (Lipinski definition) is 5. The minimum Gasteiger partial charge on any atom is -0.394 e. The van der Waals surface area contributed by atoms with Gasteiger partial charge >= 0.3 is 0 Å². The minimum absolute atomic E-state index is 0.229. The molecule has 1 amide bonds. The van der Waals surface area contributed by atoms with E-state index in [4.69, 9.17) is 8.22 Å². The lowest BCUT2D eigenvalue weighted by Crippen LogP contribution is -2.57. The second kappa shape index (κ2) is 8.71. The Morgan fingerprint density at radius 1 is 1.00 bits per heavy atom. The van der Waals surface area contributed by atoms with Gasteiger partial charge in [0.25, 0.3) is 0 Å². The fourth-order valence-electron chi connectivity index (χ4n) is 2.31. The molecule has 1 atom stereocenters. The smallest absolute Gasteiger partial charge is 0.227 e. The van der Waals surface area contributed by atoms with Gasteiger partial charge in [0.2, 0.25) is 5.91 Å². The number of carbonyl (C=O) groups excluding carboxylic acids is 2. The van der Waals surface area contributed by atoms with Crippen LogP contribution in [0, 0.1) is 0 Å². The summed E-state index contributed by atoms with van der Waals surface area (Å²) in [4.78, 5) is 25.5. The SMILES string of the molecule is [2H]C([2H])(O)C(NC(=O)[C@H](C)c1cccc(C(=O)c2ccccc2)c1)(C([2H])([2H])O)C([2H])([2H])O. The Balaban J connectivity index is 2.42. The van der Waals surface area contributed by atoms with Crippen LogP contribution >= 0.6 is 0 Å². The maximum Gasteiger partial charge on any atom is 0.227 e. The van der Waals surface area contributed by atoms with Gasteiger partial charge in [-0.3, -0.25) is 9.59 Å². The van der Waals surface area contributed by atoms with Crippen LogP contribution in [0.4, 0.5) is 0 Å². The molecule has 0 aliphatic carbocycles. The van der Waals surface area contributed by atoms with Crippen LogP contribution in [0.15, 0.2) is 54.6 Å². The highest BCUT2D eigenvalue weighted by molar-refractivity contribution is 6.09. The van der Waals surface area contributed by atoms with E-state index in [2.05, 4.69) is 0 Å². The van der Waals surface area contributed by atoms with Crippen molar-refractivity contribution in [2.45, 2.75) is 18.4 Å². The Morgan fingerprint density at radius 2 is 1.58 bits per heavy atom. The molecule has 2 rings (SSSR count). The first-order valence-corrected chi connectivity index (χ1v) is 7.72. The third kappa shape index (κ3) is 4.35. The molecule has 0 radical (unpaired) electrons. The van der Waals surface area contributed by atoms with Gasteiger partial charge in [0.15, 0.2) is 5.78 Å². The van der Waals surface area contributed by atoms with Crippen molar-refractivity contribution >= 4 is 11.7 Å². The number of aliphatic hydroxyl groups is 3. The summed E-state index contributed by atoms with van der Waals surface area (Å²) in [5.41, 5.74) is -2.94. The first-order chi connectivity index (χ1) is 14.5. The third-order valence-electron chi connectivity index (χ3n) is 3.89. The summed E-state index contributed by atoms with van der Waals surface area (Å²) in [6, 6.07) is 14.2. The van der Waals surface area contributed by atoms with E-state index in [0.717, 1.165) is 0 Å². The van der Waals surface area contributed by atoms with E-state index in [0.29, 0.717) is 5.56 Å².